The van der Waals surface area contributed by atoms with E-state index in [1.165, 1.54) is 6.07 Å². The van der Waals surface area contributed by atoms with Gasteiger partial charge in [0.1, 0.15) is 11.9 Å². The second-order valence-corrected chi connectivity index (χ2v) is 4.85. The molecule has 0 spiro atoms. The highest BCUT2D eigenvalue weighted by Gasteiger charge is 2.09. The lowest BCUT2D eigenvalue weighted by Gasteiger charge is -2.10. The monoisotopic (exact) mass is 324 g/mol. The van der Waals surface area contributed by atoms with Crippen molar-refractivity contribution in [1.82, 2.24) is 0 Å². The number of anilines is 2. The Bertz CT molecular complexity index is 637. The van der Waals surface area contributed by atoms with Crippen molar-refractivity contribution in [2.75, 3.05) is 5.32 Å². The van der Waals surface area contributed by atoms with Crippen LogP contribution in [0.4, 0.5) is 15.8 Å². The van der Waals surface area contributed by atoms with Crippen LogP contribution in [0.15, 0.2) is 40.9 Å². The quantitative estimate of drug-likeness (QED) is 0.856. The van der Waals surface area contributed by atoms with Crippen molar-refractivity contribution in [2.24, 2.45) is 0 Å². The van der Waals surface area contributed by atoms with Crippen LogP contribution in [0, 0.1) is 17.1 Å². The zero-order chi connectivity index (χ0) is 13.1. The topological polar surface area (TPSA) is 35.8 Å². The lowest BCUT2D eigenvalue weighted by Crippen LogP contribution is -1.96. The summed E-state index contributed by atoms with van der Waals surface area (Å²) in [6, 6.07) is 11.6. The minimum atomic E-state index is -0.409. The first kappa shape index (κ1) is 12.9. The zero-order valence-corrected chi connectivity index (χ0v) is 11.4. The third-order valence-electron chi connectivity index (χ3n) is 2.33. The van der Waals surface area contributed by atoms with Gasteiger partial charge in [0.2, 0.25) is 0 Å². The standard InChI is InChI=1S/C13H7BrClFN2/c14-8-4-5-13(11(16)6-8)18-12-3-1-2-10(15)9(12)7-17/h1-6,18H. The van der Waals surface area contributed by atoms with Crippen molar-refractivity contribution in [2.45, 2.75) is 0 Å². The van der Waals surface area contributed by atoms with Crippen molar-refractivity contribution in [1.29, 1.82) is 5.26 Å². The summed E-state index contributed by atoms with van der Waals surface area (Å²) in [4.78, 5) is 0. The summed E-state index contributed by atoms with van der Waals surface area (Å²) < 4.78 is 14.3. The Morgan fingerprint density at radius 3 is 2.67 bits per heavy atom. The molecule has 0 heterocycles. The predicted octanol–water partition coefficient (Wildman–Crippen LogP) is 4.86. The highest BCUT2D eigenvalue weighted by atomic mass is 79.9. The Kier molecular flexibility index (Phi) is 3.85. The van der Waals surface area contributed by atoms with Crippen LogP contribution in [-0.2, 0) is 0 Å². The van der Waals surface area contributed by atoms with Crippen LogP contribution >= 0.6 is 27.5 Å². The molecule has 90 valence electrons. The first-order valence-corrected chi connectivity index (χ1v) is 6.19. The minimum Gasteiger partial charge on any atom is -0.352 e. The van der Waals surface area contributed by atoms with Gasteiger partial charge in [0, 0.05) is 4.47 Å². The molecule has 0 radical (unpaired) electrons. The molecule has 2 aromatic carbocycles. The molecule has 0 aromatic heterocycles. The molecular weight excluding hydrogens is 319 g/mol. The molecule has 0 aliphatic carbocycles. The number of rotatable bonds is 2. The summed E-state index contributed by atoms with van der Waals surface area (Å²) in [6.45, 7) is 0. The second-order valence-electron chi connectivity index (χ2n) is 3.52. The minimum absolute atomic E-state index is 0.289. The first-order chi connectivity index (χ1) is 8.61. The lowest BCUT2D eigenvalue weighted by atomic mass is 10.2. The maximum Gasteiger partial charge on any atom is 0.147 e. The zero-order valence-electron chi connectivity index (χ0n) is 9.05. The Morgan fingerprint density at radius 2 is 2.00 bits per heavy atom. The molecule has 2 rings (SSSR count). The summed E-state index contributed by atoms with van der Waals surface area (Å²) in [7, 11) is 0. The highest BCUT2D eigenvalue weighted by molar-refractivity contribution is 9.10. The third kappa shape index (κ3) is 2.63. The van der Waals surface area contributed by atoms with Gasteiger partial charge in [0.05, 0.1) is 22.0 Å². The molecule has 5 heteroatoms. The van der Waals surface area contributed by atoms with Crippen LogP contribution in [0.2, 0.25) is 5.02 Å². The van der Waals surface area contributed by atoms with Gasteiger partial charge in [0.25, 0.3) is 0 Å². The van der Waals surface area contributed by atoms with E-state index in [2.05, 4.69) is 21.2 Å². The molecule has 0 atom stereocenters. The molecule has 0 aliphatic heterocycles. The maximum atomic E-state index is 13.7. The Balaban J connectivity index is 2.41. The average Bonchev–Trinajstić information content (AvgIpc) is 2.33. The number of hydrogen-bond donors (Lipinski definition) is 1. The van der Waals surface area contributed by atoms with Gasteiger partial charge in [-0.05, 0) is 30.3 Å². The van der Waals surface area contributed by atoms with Gasteiger partial charge in [-0.1, -0.05) is 33.6 Å². The van der Waals surface area contributed by atoms with Crippen molar-refractivity contribution in [3.63, 3.8) is 0 Å². The molecule has 1 N–H and O–H groups in total. The number of halogens is 3. The molecule has 0 unspecified atom stereocenters. The summed E-state index contributed by atoms with van der Waals surface area (Å²) in [5, 5.41) is 12.2. The molecule has 18 heavy (non-hydrogen) atoms. The summed E-state index contributed by atoms with van der Waals surface area (Å²) in [5.74, 6) is -0.409. The number of nitrogens with one attached hydrogen (secondary N) is 1. The summed E-state index contributed by atoms with van der Waals surface area (Å²) in [6.07, 6.45) is 0. The SMILES string of the molecule is N#Cc1c(Cl)cccc1Nc1ccc(Br)cc1F. The van der Waals surface area contributed by atoms with Crippen molar-refractivity contribution in [3.8, 4) is 6.07 Å². The number of nitriles is 1. The maximum absolute atomic E-state index is 13.7. The van der Waals surface area contributed by atoms with Gasteiger partial charge in [-0.25, -0.2) is 4.39 Å². The van der Waals surface area contributed by atoms with Crippen LogP contribution in [-0.4, -0.2) is 0 Å². The van der Waals surface area contributed by atoms with Crippen molar-refractivity contribution < 1.29 is 4.39 Å². The molecular formula is C13H7BrClFN2. The molecule has 0 saturated carbocycles. The van der Waals surface area contributed by atoms with Gasteiger partial charge in [-0.2, -0.15) is 5.26 Å². The van der Waals surface area contributed by atoms with Crippen LogP contribution < -0.4 is 5.32 Å². The molecule has 2 aromatic rings. The molecule has 0 saturated heterocycles. The van der Waals surface area contributed by atoms with E-state index in [4.69, 9.17) is 16.9 Å². The molecule has 0 bridgehead atoms. The van der Waals surface area contributed by atoms with Gasteiger partial charge >= 0.3 is 0 Å². The van der Waals surface area contributed by atoms with Crippen LogP contribution in [0.1, 0.15) is 5.56 Å². The van der Waals surface area contributed by atoms with E-state index in [9.17, 15) is 4.39 Å². The predicted molar refractivity (Wildman–Crippen MR) is 73.5 cm³/mol. The molecule has 0 amide bonds. The number of hydrogen-bond acceptors (Lipinski definition) is 2. The van der Waals surface area contributed by atoms with E-state index < -0.39 is 5.82 Å². The van der Waals surface area contributed by atoms with Crippen molar-refractivity contribution in [3.05, 3.63) is 57.3 Å². The highest BCUT2D eigenvalue weighted by Crippen LogP contribution is 2.28. The van der Waals surface area contributed by atoms with E-state index in [1.807, 2.05) is 6.07 Å². The molecule has 0 fully saturated rings. The van der Waals surface area contributed by atoms with Gasteiger partial charge in [-0.3, -0.25) is 0 Å². The van der Waals surface area contributed by atoms with Gasteiger partial charge in [0.15, 0.2) is 0 Å². The average molecular weight is 326 g/mol. The van der Waals surface area contributed by atoms with Gasteiger partial charge < -0.3 is 5.32 Å². The van der Waals surface area contributed by atoms with E-state index in [-0.39, 0.29) is 5.69 Å². The van der Waals surface area contributed by atoms with Gasteiger partial charge in [-0.15, -0.1) is 0 Å². The Morgan fingerprint density at radius 1 is 1.22 bits per heavy atom. The van der Waals surface area contributed by atoms with E-state index in [0.717, 1.165) is 0 Å². The van der Waals surface area contributed by atoms with Crippen molar-refractivity contribution >= 4 is 38.9 Å². The summed E-state index contributed by atoms with van der Waals surface area (Å²) >= 11 is 9.08. The normalized spacial score (nSPS) is 9.89. The lowest BCUT2D eigenvalue weighted by molar-refractivity contribution is 0.631. The largest absolute Gasteiger partial charge is 0.352 e. The summed E-state index contributed by atoms with van der Waals surface area (Å²) in [5.41, 5.74) is 1.06. The number of nitrogens with zero attached hydrogens (tertiary/aromatic N) is 1. The van der Waals surface area contributed by atoms with E-state index in [1.54, 1.807) is 30.3 Å². The Hall–Kier alpha value is -1.57. The first-order valence-electron chi connectivity index (χ1n) is 5.02. The Labute approximate surface area is 117 Å². The fraction of sp³-hybridized carbons (Fsp3) is 0. The third-order valence-corrected chi connectivity index (χ3v) is 3.13. The van der Waals surface area contributed by atoms with Crippen LogP contribution in [0.5, 0.6) is 0 Å². The number of benzene rings is 2. The van der Waals surface area contributed by atoms with Crippen LogP contribution in [0.25, 0.3) is 0 Å². The smallest absolute Gasteiger partial charge is 0.147 e. The molecule has 0 aliphatic rings. The second kappa shape index (κ2) is 5.38. The van der Waals surface area contributed by atoms with Crippen LogP contribution in [0.3, 0.4) is 0 Å². The van der Waals surface area contributed by atoms with E-state index in [0.29, 0.717) is 20.7 Å². The van der Waals surface area contributed by atoms with E-state index >= 15 is 0 Å². The fourth-order valence-electron chi connectivity index (χ4n) is 1.48. The fourth-order valence-corrected chi connectivity index (χ4v) is 2.03. The molecule has 2 nitrogen and oxygen atoms in total.